The van der Waals surface area contributed by atoms with Crippen LogP contribution in [0.25, 0.3) is 0 Å². The van der Waals surface area contributed by atoms with Gasteiger partial charge in [-0.15, -0.1) is 0 Å². The van der Waals surface area contributed by atoms with Crippen LogP contribution >= 0.6 is 0 Å². The molecule has 0 spiro atoms. The Morgan fingerprint density at radius 3 is 2.39 bits per heavy atom. The van der Waals surface area contributed by atoms with Gasteiger partial charge in [0.1, 0.15) is 5.60 Å². The lowest BCUT2D eigenvalue weighted by atomic mass is 9.94. The van der Waals surface area contributed by atoms with Gasteiger partial charge in [-0.05, 0) is 40.3 Å². The van der Waals surface area contributed by atoms with Gasteiger partial charge in [0, 0.05) is 19.1 Å². The maximum absolute atomic E-state index is 12.1. The number of carbonyl (C=O) groups excluding carboxylic acids is 1. The summed E-state index contributed by atoms with van der Waals surface area (Å²) in [5.41, 5.74) is -0.390. The fourth-order valence-electron chi connectivity index (χ4n) is 2.50. The van der Waals surface area contributed by atoms with Crippen molar-refractivity contribution < 1.29 is 9.53 Å². The first-order valence-corrected chi connectivity index (χ1v) is 7.05. The fourth-order valence-corrected chi connectivity index (χ4v) is 2.50. The maximum Gasteiger partial charge on any atom is 0.310 e. The summed E-state index contributed by atoms with van der Waals surface area (Å²) in [6.07, 6.45) is 0.906. The predicted molar refractivity (Wildman–Crippen MR) is 73.5 cm³/mol. The standard InChI is InChI=1S/C14H28N2O2/c1-6-16(7-2)12-8-11(9-15-10-12)13(17)18-14(3,4)5/h11-12,15H,6-10H2,1-5H3/t11-,12-/m1/s1. The first-order chi connectivity index (χ1) is 8.37. The van der Waals surface area contributed by atoms with E-state index in [9.17, 15) is 4.79 Å². The van der Waals surface area contributed by atoms with Gasteiger partial charge < -0.3 is 10.1 Å². The summed E-state index contributed by atoms with van der Waals surface area (Å²) in [6.45, 7) is 13.9. The van der Waals surface area contributed by atoms with Gasteiger partial charge in [-0.2, -0.15) is 0 Å². The molecule has 1 aliphatic heterocycles. The molecule has 1 heterocycles. The van der Waals surface area contributed by atoms with Crippen LogP contribution in [0.1, 0.15) is 41.0 Å². The molecule has 1 saturated heterocycles. The highest BCUT2D eigenvalue weighted by molar-refractivity contribution is 5.73. The van der Waals surface area contributed by atoms with Gasteiger partial charge in [0.15, 0.2) is 0 Å². The molecule has 0 radical (unpaired) electrons. The highest BCUT2D eigenvalue weighted by atomic mass is 16.6. The third-order valence-corrected chi connectivity index (χ3v) is 3.40. The number of piperidine rings is 1. The summed E-state index contributed by atoms with van der Waals surface area (Å²) in [5, 5.41) is 3.36. The van der Waals surface area contributed by atoms with E-state index in [1.165, 1.54) is 0 Å². The molecule has 0 aliphatic carbocycles. The second-order valence-corrected chi connectivity index (χ2v) is 6.00. The molecule has 4 nitrogen and oxygen atoms in total. The van der Waals surface area contributed by atoms with Crippen molar-refractivity contribution >= 4 is 5.97 Å². The minimum absolute atomic E-state index is 0.0106. The van der Waals surface area contributed by atoms with Crippen LogP contribution in [0.3, 0.4) is 0 Å². The topological polar surface area (TPSA) is 41.6 Å². The minimum Gasteiger partial charge on any atom is -0.460 e. The highest BCUT2D eigenvalue weighted by Gasteiger charge is 2.32. The normalized spacial score (nSPS) is 25.2. The average molecular weight is 256 g/mol. The van der Waals surface area contributed by atoms with E-state index in [0.717, 1.165) is 32.6 Å². The Balaban J connectivity index is 2.55. The van der Waals surface area contributed by atoms with Crippen LogP contribution in [0.15, 0.2) is 0 Å². The van der Waals surface area contributed by atoms with E-state index >= 15 is 0 Å². The van der Waals surface area contributed by atoms with E-state index in [0.29, 0.717) is 6.04 Å². The van der Waals surface area contributed by atoms with Gasteiger partial charge in [-0.3, -0.25) is 9.69 Å². The van der Waals surface area contributed by atoms with Crippen molar-refractivity contribution in [3.63, 3.8) is 0 Å². The lowest BCUT2D eigenvalue weighted by Crippen LogP contribution is -2.51. The third-order valence-electron chi connectivity index (χ3n) is 3.40. The summed E-state index contributed by atoms with van der Waals surface area (Å²) in [4.78, 5) is 14.5. The van der Waals surface area contributed by atoms with Gasteiger partial charge in [-0.25, -0.2) is 0 Å². The average Bonchev–Trinajstić information content (AvgIpc) is 2.29. The SMILES string of the molecule is CCN(CC)[C@H]1CNC[C@H](C(=O)OC(C)(C)C)C1. The predicted octanol–water partition coefficient (Wildman–Crippen LogP) is 1.65. The molecule has 18 heavy (non-hydrogen) atoms. The zero-order chi connectivity index (χ0) is 13.8. The van der Waals surface area contributed by atoms with Crippen molar-refractivity contribution in [1.82, 2.24) is 10.2 Å². The molecule has 0 saturated carbocycles. The van der Waals surface area contributed by atoms with E-state index in [1.807, 2.05) is 20.8 Å². The van der Waals surface area contributed by atoms with E-state index in [2.05, 4.69) is 24.1 Å². The number of esters is 1. The number of hydrogen-bond acceptors (Lipinski definition) is 4. The van der Waals surface area contributed by atoms with Crippen LogP contribution in [0.5, 0.6) is 0 Å². The molecule has 1 aliphatic rings. The molecule has 1 fully saturated rings. The minimum atomic E-state index is -0.390. The van der Waals surface area contributed by atoms with Crippen LogP contribution < -0.4 is 5.32 Å². The van der Waals surface area contributed by atoms with Gasteiger partial charge in [0.25, 0.3) is 0 Å². The summed E-state index contributed by atoms with van der Waals surface area (Å²) >= 11 is 0. The molecule has 106 valence electrons. The molecule has 0 unspecified atom stereocenters. The zero-order valence-electron chi connectivity index (χ0n) is 12.5. The largest absolute Gasteiger partial charge is 0.460 e. The number of carbonyl (C=O) groups is 1. The molecule has 0 aromatic carbocycles. The van der Waals surface area contributed by atoms with E-state index in [-0.39, 0.29) is 17.5 Å². The van der Waals surface area contributed by atoms with Crippen LogP contribution in [-0.4, -0.2) is 48.7 Å². The summed E-state index contributed by atoms with van der Waals surface area (Å²) < 4.78 is 5.48. The Bertz CT molecular complexity index is 269. The Morgan fingerprint density at radius 1 is 1.28 bits per heavy atom. The van der Waals surface area contributed by atoms with Crippen LogP contribution in [-0.2, 0) is 9.53 Å². The van der Waals surface area contributed by atoms with Gasteiger partial charge in [0.2, 0.25) is 0 Å². The molecule has 1 N–H and O–H groups in total. The van der Waals surface area contributed by atoms with Gasteiger partial charge in [-0.1, -0.05) is 13.8 Å². The molecular formula is C14H28N2O2. The number of ether oxygens (including phenoxy) is 1. The quantitative estimate of drug-likeness (QED) is 0.777. The smallest absolute Gasteiger partial charge is 0.310 e. The molecule has 1 rings (SSSR count). The highest BCUT2D eigenvalue weighted by Crippen LogP contribution is 2.20. The monoisotopic (exact) mass is 256 g/mol. The zero-order valence-corrected chi connectivity index (χ0v) is 12.5. The van der Waals surface area contributed by atoms with E-state index in [1.54, 1.807) is 0 Å². The molecule has 0 aromatic rings. The van der Waals surface area contributed by atoms with Crippen LogP contribution in [0.2, 0.25) is 0 Å². The lowest BCUT2D eigenvalue weighted by Gasteiger charge is -2.36. The van der Waals surface area contributed by atoms with Crippen LogP contribution in [0, 0.1) is 5.92 Å². The third kappa shape index (κ3) is 4.58. The molecule has 0 aromatic heterocycles. The molecule has 2 atom stereocenters. The van der Waals surface area contributed by atoms with Crippen molar-refractivity contribution in [1.29, 1.82) is 0 Å². The van der Waals surface area contributed by atoms with E-state index < -0.39 is 0 Å². The number of nitrogens with zero attached hydrogens (tertiary/aromatic N) is 1. The number of hydrogen-bond donors (Lipinski definition) is 1. The van der Waals surface area contributed by atoms with Crippen molar-refractivity contribution in [2.24, 2.45) is 5.92 Å². The maximum atomic E-state index is 12.1. The Morgan fingerprint density at radius 2 is 1.89 bits per heavy atom. The second kappa shape index (κ2) is 6.53. The summed E-state index contributed by atoms with van der Waals surface area (Å²) in [5.74, 6) is -0.0737. The molecule has 4 heteroatoms. The van der Waals surface area contributed by atoms with Crippen LogP contribution in [0.4, 0.5) is 0 Å². The Hall–Kier alpha value is -0.610. The molecular weight excluding hydrogens is 228 g/mol. The van der Waals surface area contributed by atoms with Gasteiger partial charge >= 0.3 is 5.97 Å². The van der Waals surface area contributed by atoms with Crippen molar-refractivity contribution in [2.45, 2.75) is 52.7 Å². The molecule has 0 amide bonds. The van der Waals surface area contributed by atoms with Crippen molar-refractivity contribution in [3.8, 4) is 0 Å². The number of likely N-dealkylation sites (N-methyl/N-ethyl adjacent to an activating group) is 1. The van der Waals surface area contributed by atoms with Gasteiger partial charge in [0.05, 0.1) is 5.92 Å². The van der Waals surface area contributed by atoms with Crippen molar-refractivity contribution in [3.05, 3.63) is 0 Å². The lowest BCUT2D eigenvalue weighted by molar-refractivity contribution is -0.161. The molecule has 0 bridgehead atoms. The first-order valence-electron chi connectivity index (χ1n) is 7.05. The number of nitrogens with one attached hydrogen (secondary N) is 1. The fraction of sp³-hybridized carbons (Fsp3) is 0.929. The van der Waals surface area contributed by atoms with E-state index in [4.69, 9.17) is 4.74 Å². The van der Waals surface area contributed by atoms with Crippen molar-refractivity contribution in [2.75, 3.05) is 26.2 Å². The Kier molecular flexibility index (Phi) is 5.60. The Labute approximate surface area is 111 Å². The second-order valence-electron chi connectivity index (χ2n) is 6.00. The summed E-state index contributed by atoms with van der Waals surface area (Å²) in [6, 6.07) is 0.450. The number of rotatable bonds is 4. The summed E-state index contributed by atoms with van der Waals surface area (Å²) in [7, 11) is 0. The first kappa shape index (κ1) is 15.4.